The van der Waals surface area contributed by atoms with E-state index in [1.165, 1.54) is 12.2 Å². The molecule has 0 aromatic heterocycles. The Kier molecular flexibility index (Phi) is 3.83. The minimum Gasteiger partial charge on any atom is -0.318 e. The quantitative estimate of drug-likeness (QED) is 0.916. The molecule has 0 spiro atoms. The summed E-state index contributed by atoms with van der Waals surface area (Å²) in [7, 11) is -1.19. The van der Waals surface area contributed by atoms with Crippen molar-refractivity contribution in [3.8, 4) is 0 Å². The standard InChI is InChI=1S/C15H17NO2S/c1-11-3-5-14(6-4-11)19(18)10-15(16)8-7-13(17)9-12(15)2/h3-9H,10,16H2,1-2H3/t15-,19?/m1/s1. The Morgan fingerprint density at radius 1 is 1.21 bits per heavy atom. The van der Waals surface area contributed by atoms with Gasteiger partial charge in [-0.2, -0.15) is 0 Å². The minimum atomic E-state index is -1.19. The second-order valence-corrected chi connectivity index (χ2v) is 6.36. The SMILES string of the molecule is CC1=CC(=O)C=C[C@@]1(N)CS(=O)c1ccc(C)cc1. The van der Waals surface area contributed by atoms with Gasteiger partial charge in [-0.15, -0.1) is 0 Å². The lowest BCUT2D eigenvalue weighted by Gasteiger charge is -2.28. The number of allylic oxidation sites excluding steroid dienone is 2. The molecule has 0 fully saturated rings. The summed E-state index contributed by atoms with van der Waals surface area (Å²) >= 11 is 0. The van der Waals surface area contributed by atoms with Crippen LogP contribution in [0.1, 0.15) is 12.5 Å². The predicted molar refractivity (Wildman–Crippen MR) is 77.3 cm³/mol. The Hall–Kier alpha value is -1.52. The highest BCUT2D eigenvalue weighted by Gasteiger charge is 2.30. The highest BCUT2D eigenvalue weighted by Crippen LogP contribution is 2.23. The second kappa shape index (κ2) is 5.23. The normalized spacial score (nSPS) is 24.2. The van der Waals surface area contributed by atoms with Crippen molar-refractivity contribution in [2.45, 2.75) is 24.3 Å². The van der Waals surface area contributed by atoms with Gasteiger partial charge < -0.3 is 5.73 Å². The molecular weight excluding hydrogens is 258 g/mol. The molecule has 3 nitrogen and oxygen atoms in total. The fourth-order valence-electron chi connectivity index (χ4n) is 1.91. The van der Waals surface area contributed by atoms with Crippen LogP contribution in [0.5, 0.6) is 0 Å². The lowest BCUT2D eigenvalue weighted by molar-refractivity contribution is -0.110. The molecule has 1 aromatic rings. The summed E-state index contributed by atoms with van der Waals surface area (Å²) in [5.74, 6) is 0.210. The molecule has 1 aliphatic carbocycles. The van der Waals surface area contributed by atoms with Crippen molar-refractivity contribution < 1.29 is 9.00 Å². The van der Waals surface area contributed by atoms with Crippen LogP contribution in [-0.4, -0.2) is 21.3 Å². The Balaban J connectivity index is 2.19. The van der Waals surface area contributed by atoms with Gasteiger partial charge in [0.15, 0.2) is 5.78 Å². The number of nitrogens with two attached hydrogens (primary N) is 1. The monoisotopic (exact) mass is 275 g/mol. The van der Waals surface area contributed by atoms with Crippen LogP contribution in [-0.2, 0) is 15.6 Å². The third-order valence-corrected chi connectivity index (χ3v) is 4.83. The van der Waals surface area contributed by atoms with Gasteiger partial charge in [0.2, 0.25) is 0 Å². The number of carbonyl (C=O) groups is 1. The molecule has 0 bridgehead atoms. The van der Waals surface area contributed by atoms with Gasteiger partial charge in [-0.1, -0.05) is 23.8 Å². The molecule has 100 valence electrons. The van der Waals surface area contributed by atoms with E-state index < -0.39 is 16.3 Å². The van der Waals surface area contributed by atoms with Crippen LogP contribution in [0.25, 0.3) is 0 Å². The third kappa shape index (κ3) is 3.08. The maximum absolute atomic E-state index is 12.3. The second-order valence-electron chi connectivity index (χ2n) is 4.91. The molecule has 2 atom stereocenters. The van der Waals surface area contributed by atoms with Crippen molar-refractivity contribution in [2.24, 2.45) is 5.73 Å². The van der Waals surface area contributed by atoms with E-state index in [1.54, 1.807) is 13.0 Å². The number of rotatable bonds is 3. The van der Waals surface area contributed by atoms with E-state index in [1.807, 2.05) is 31.2 Å². The Morgan fingerprint density at radius 2 is 1.84 bits per heavy atom. The van der Waals surface area contributed by atoms with E-state index >= 15 is 0 Å². The van der Waals surface area contributed by atoms with Crippen LogP contribution < -0.4 is 5.73 Å². The maximum Gasteiger partial charge on any atom is 0.178 e. The average Bonchev–Trinajstić information content (AvgIpc) is 2.35. The fraction of sp³-hybridized carbons (Fsp3) is 0.267. The van der Waals surface area contributed by atoms with E-state index in [2.05, 4.69) is 0 Å². The molecule has 4 heteroatoms. The van der Waals surface area contributed by atoms with Gasteiger partial charge in [-0.05, 0) is 43.7 Å². The topological polar surface area (TPSA) is 60.2 Å². The molecule has 0 aliphatic heterocycles. The van der Waals surface area contributed by atoms with Crippen molar-refractivity contribution in [2.75, 3.05) is 5.75 Å². The first kappa shape index (κ1) is 13.9. The Morgan fingerprint density at radius 3 is 2.42 bits per heavy atom. The van der Waals surface area contributed by atoms with E-state index in [9.17, 15) is 9.00 Å². The van der Waals surface area contributed by atoms with Crippen LogP contribution >= 0.6 is 0 Å². The molecule has 1 unspecified atom stereocenters. The van der Waals surface area contributed by atoms with Crippen molar-refractivity contribution in [1.82, 2.24) is 0 Å². The van der Waals surface area contributed by atoms with Crippen molar-refractivity contribution >= 4 is 16.6 Å². The summed E-state index contributed by atoms with van der Waals surface area (Å²) in [6, 6.07) is 7.57. The molecule has 2 N–H and O–H groups in total. The van der Waals surface area contributed by atoms with Gasteiger partial charge in [0.25, 0.3) is 0 Å². The third-order valence-electron chi connectivity index (χ3n) is 3.29. The first-order valence-electron chi connectivity index (χ1n) is 6.07. The predicted octanol–water partition coefficient (Wildman–Crippen LogP) is 1.89. The van der Waals surface area contributed by atoms with E-state index in [-0.39, 0.29) is 11.5 Å². The number of benzene rings is 1. The molecule has 1 aromatic carbocycles. The first-order valence-corrected chi connectivity index (χ1v) is 7.38. The number of hydrogen-bond donors (Lipinski definition) is 1. The molecule has 0 heterocycles. The lowest BCUT2D eigenvalue weighted by atomic mass is 9.88. The largest absolute Gasteiger partial charge is 0.318 e. The summed E-state index contributed by atoms with van der Waals surface area (Å²) in [6.45, 7) is 3.78. The van der Waals surface area contributed by atoms with Crippen LogP contribution in [0.2, 0.25) is 0 Å². The summed E-state index contributed by atoms with van der Waals surface area (Å²) < 4.78 is 12.3. The molecule has 0 amide bonds. The molecule has 2 rings (SSSR count). The van der Waals surface area contributed by atoms with Crippen LogP contribution in [0, 0.1) is 6.92 Å². The van der Waals surface area contributed by atoms with Gasteiger partial charge in [0, 0.05) is 4.90 Å². The zero-order valence-electron chi connectivity index (χ0n) is 11.1. The molecular formula is C15H17NO2S. The number of ketones is 1. The van der Waals surface area contributed by atoms with Crippen molar-refractivity contribution in [1.29, 1.82) is 0 Å². The highest BCUT2D eigenvalue weighted by molar-refractivity contribution is 7.85. The number of carbonyl (C=O) groups excluding carboxylic acids is 1. The molecule has 0 saturated heterocycles. The average molecular weight is 275 g/mol. The zero-order chi connectivity index (χ0) is 14.0. The first-order chi connectivity index (χ1) is 8.90. The molecule has 1 aliphatic rings. The van der Waals surface area contributed by atoms with Crippen LogP contribution in [0.3, 0.4) is 0 Å². The van der Waals surface area contributed by atoms with Crippen molar-refractivity contribution in [3.05, 3.63) is 53.6 Å². The molecule has 19 heavy (non-hydrogen) atoms. The minimum absolute atomic E-state index is 0.0697. The van der Waals surface area contributed by atoms with E-state index in [0.29, 0.717) is 0 Å². The Labute approximate surface area is 115 Å². The van der Waals surface area contributed by atoms with Crippen molar-refractivity contribution in [3.63, 3.8) is 0 Å². The smallest absolute Gasteiger partial charge is 0.178 e. The van der Waals surface area contributed by atoms with Crippen LogP contribution in [0.4, 0.5) is 0 Å². The maximum atomic E-state index is 12.3. The van der Waals surface area contributed by atoms with Gasteiger partial charge in [-0.3, -0.25) is 9.00 Å². The van der Waals surface area contributed by atoms with Gasteiger partial charge in [-0.25, -0.2) is 0 Å². The van der Waals surface area contributed by atoms with Gasteiger partial charge in [0.05, 0.1) is 22.1 Å². The summed E-state index contributed by atoms with van der Waals surface area (Å²) in [4.78, 5) is 12.0. The van der Waals surface area contributed by atoms with Crippen LogP contribution in [0.15, 0.2) is 53.0 Å². The van der Waals surface area contributed by atoms with Gasteiger partial charge >= 0.3 is 0 Å². The van der Waals surface area contributed by atoms with E-state index in [4.69, 9.17) is 5.73 Å². The molecule has 0 radical (unpaired) electrons. The highest BCUT2D eigenvalue weighted by atomic mass is 32.2. The lowest BCUT2D eigenvalue weighted by Crippen LogP contribution is -2.45. The Bertz CT molecular complexity index is 587. The number of hydrogen-bond acceptors (Lipinski definition) is 3. The number of aryl methyl sites for hydroxylation is 1. The molecule has 0 saturated carbocycles. The summed E-state index contributed by atoms with van der Waals surface area (Å²) in [6.07, 6.45) is 4.60. The summed E-state index contributed by atoms with van der Waals surface area (Å²) in [5, 5.41) is 0. The van der Waals surface area contributed by atoms with E-state index in [0.717, 1.165) is 16.0 Å². The summed E-state index contributed by atoms with van der Waals surface area (Å²) in [5.41, 5.74) is 7.31. The zero-order valence-corrected chi connectivity index (χ0v) is 11.9. The fourth-order valence-corrected chi connectivity index (χ4v) is 3.27. The van der Waals surface area contributed by atoms with Gasteiger partial charge in [0.1, 0.15) is 0 Å².